The Morgan fingerprint density at radius 3 is 2.55 bits per heavy atom. The summed E-state index contributed by atoms with van der Waals surface area (Å²) >= 11 is 0. The fourth-order valence-corrected chi connectivity index (χ4v) is 3.30. The van der Waals surface area contributed by atoms with Crippen molar-refractivity contribution >= 4 is 11.7 Å². The van der Waals surface area contributed by atoms with Crippen LogP contribution in [-0.4, -0.2) is 53.9 Å². The SMILES string of the molecule is COc1ccc(CCN(C)C(=O)Nc2ccc(-c3n[nH]c(C4CC4)n3)cc2)cc1OC. The monoisotopic (exact) mass is 421 g/mol. The third kappa shape index (κ3) is 4.96. The molecule has 0 unspecified atom stereocenters. The number of aromatic nitrogens is 3. The van der Waals surface area contributed by atoms with Gasteiger partial charge in [-0.3, -0.25) is 5.10 Å². The summed E-state index contributed by atoms with van der Waals surface area (Å²) in [4.78, 5) is 18.8. The maximum absolute atomic E-state index is 12.5. The molecule has 8 nitrogen and oxygen atoms in total. The summed E-state index contributed by atoms with van der Waals surface area (Å²) in [6, 6.07) is 13.2. The predicted octanol–water partition coefficient (Wildman–Crippen LogP) is 4.07. The first-order valence-electron chi connectivity index (χ1n) is 10.3. The Labute approximate surface area is 181 Å². The lowest BCUT2D eigenvalue weighted by molar-refractivity contribution is 0.223. The molecule has 0 saturated heterocycles. The van der Waals surface area contributed by atoms with E-state index in [9.17, 15) is 4.79 Å². The number of aromatic amines is 1. The third-order valence-corrected chi connectivity index (χ3v) is 5.39. The molecule has 1 aliphatic carbocycles. The molecule has 2 N–H and O–H groups in total. The summed E-state index contributed by atoms with van der Waals surface area (Å²) in [7, 11) is 5.00. The zero-order valence-electron chi connectivity index (χ0n) is 18.0. The van der Waals surface area contributed by atoms with Gasteiger partial charge in [0.05, 0.1) is 14.2 Å². The van der Waals surface area contributed by atoms with Crippen LogP contribution in [0.3, 0.4) is 0 Å². The second-order valence-electron chi connectivity index (χ2n) is 7.69. The number of nitrogens with zero attached hydrogens (tertiary/aromatic N) is 3. The summed E-state index contributed by atoms with van der Waals surface area (Å²) in [5.74, 6) is 3.56. The molecule has 1 heterocycles. The molecular formula is C23H27N5O3. The lowest BCUT2D eigenvalue weighted by Crippen LogP contribution is -2.32. The number of H-pyrrole nitrogens is 1. The largest absolute Gasteiger partial charge is 0.493 e. The molecule has 1 fully saturated rings. The lowest BCUT2D eigenvalue weighted by Gasteiger charge is -2.18. The Balaban J connectivity index is 1.31. The first-order valence-corrected chi connectivity index (χ1v) is 10.3. The van der Waals surface area contributed by atoms with E-state index in [0.717, 1.165) is 22.6 Å². The number of amides is 2. The van der Waals surface area contributed by atoms with Gasteiger partial charge in [0, 0.05) is 30.8 Å². The lowest BCUT2D eigenvalue weighted by atomic mass is 10.1. The quantitative estimate of drug-likeness (QED) is 0.572. The third-order valence-electron chi connectivity index (χ3n) is 5.39. The van der Waals surface area contributed by atoms with Crippen molar-refractivity contribution in [2.75, 3.05) is 33.1 Å². The van der Waals surface area contributed by atoms with Crippen LogP contribution in [0.1, 0.15) is 30.1 Å². The average molecular weight is 422 g/mol. The zero-order chi connectivity index (χ0) is 21.8. The Kier molecular flexibility index (Phi) is 6.06. The van der Waals surface area contributed by atoms with Crippen LogP contribution >= 0.6 is 0 Å². The highest BCUT2D eigenvalue weighted by Crippen LogP contribution is 2.38. The normalized spacial score (nSPS) is 13.0. The van der Waals surface area contributed by atoms with Crippen molar-refractivity contribution in [2.24, 2.45) is 0 Å². The number of anilines is 1. The van der Waals surface area contributed by atoms with Gasteiger partial charge in [-0.15, -0.1) is 0 Å². The van der Waals surface area contributed by atoms with Gasteiger partial charge in [0.2, 0.25) is 0 Å². The van der Waals surface area contributed by atoms with E-state index in [1.807, 2.05) is 42.5 Å². The molecule has 0 atom stereocenters. The fraction of sp³-hybridized carbons (Fsp3) is 0.348. The van der Waals surface area contributed by atoms with E-state index < -0.39 is 0 Å². The van der Waals surface area contributed by atoms with Crippen LogP contribution in [0.5, 0.6) is 11.5 Å². The van der Waals surface area contributed by atoms with Crippen molar-refractivity contribution in [3.05, 3.63) is 53.9 Å². The molecule has 1 aromatic heterocycles. The summed E-state index contributed by atoms with van der Waals surface area (Å²) in [5.41, 5.74) is 2.71. The van der Waals surface area contributed by atoms with Crippen LogP contribution < -0.4 is 14.8 Å². The van der Waals surface area contributed by atoms with Crippen molar-refractivity contribution in [2.45, 2.75) is 25.2 Å². The standard InChI is InChI=1S/C23H27N5O3/c1-28(13-12-15-4-11-19(30-2)20(14-15)31-3)23(29)24-18-9-7-17(8-10-18)22-25-21(26-27-22)16-5-6-16/h4,7-11,14,16H,5-6,12-13H2,1-3H3,(H,24,29)(H,25,26,27). The molecule has 31 heavy (non-hydrogen) atoms. The van der Waals surface area contributed by atoms with Crippen molar-refractivity contribution in [1.29, 1.82) is 0 Å². The molecular weight excluding hydrogens is 394 g/mol. The summed E-state index contributed by atoms with van der Waals surface area (Å²) in [6.07, 6.45) is 3.07. The highest BCUT2D eigenvalue weighted by atomic mass is 16.5. The van der Waals surface area contributed by atoms with E-state index in [-0.39, 0.29) is 6.03 Å². The topological polar surface area (TPSA) is 92.4 Å². The highest BCUT2D eigenvalue weighted by molar-refractivity contribution is 5.89. The maximum Gasteiger partial charge on any atom is 0.321 e. The van der Waals surface area contributed by atoms with E-state index in [1.54, 1.807) is 26.2 Å². The Morgan fingerprint density at radius 2 is 1.87 bits per heavy atom. The highest BCUT2D eigenvalue weighted by Gasteiger charge is 2.27. The van der Waals surface area contributed by atoms with E-state index >= 15 is 0 Å². The number of nitrogens with one attached hydrogen (secondary N) is 2. The van der Waals surface area contributed by atoms with Gasteiger partial charge < -0.3 is 19.7 Å². The number of rotatable bonds is 8. The molecule has 2 aromatic carbocycles. The van der Waals surface area contributed by atoms with Crippen molar-refractivity contribution in [3.63, 3.8) is 0 Å². The van der Waals surface area contributed by atoms with Crippen LogP contribution in [0.2, 0.25) is 0 Å². The number of ether oxygens (including phenoxy) is 2. The van der Waals surface area contributed by atoms with Crippen LogP contribution in [0.4, 0.5) is 10.5 Å². The number of likely N-dealkylation sites (N-methyl/N-ethyl adjacent to an activating group) is 1. The molecule has 0 radical (unpaired) electrons. The second-order valence-corrected chi connectivity index (χ2v) is 7.69. The number of carbonyl (C=O) groups is 1. The summed E-state index contributed by atoms with van der Waals surface area (Å²) < 4.78 is 10.6. The van der Waals surface area contributed by atoms with Crippen LogP contribution in [0.15, 0.2) is 42.5 Å². The molecule has 3 aromatic rings. The van der Waals surface area contributed by atoms with E-state index in [2.05, 4.69) is 20.5 Å². The molecule has 162 valence electrons. The van der Waals surface area contributed by atoms with E-state index in [0.29, 0.717) is 36.2 Å². The molecule has 0 aliphatic heterocycles. The number of methoxy groups -OCH3 is 2. The molecule has 4 rings (SSSR count). The van der Waals surface area contributed by atoms with Crippen LogP contribution in [0.25, 0.3) is 11.4 Å². The summed E-state index contributed by atoms with van der Waals surface area (Å²) in [6.45, 7) is 0.570. The van der Waals surface area contributed by atoms with Gasteiger partial charge in [-0.1, -0.05) is 6.07 Å². The Bertz CT molecular complexity index is 1040. The number of hydrogen-bond donors (Lipinski definition) is 2. The van der Waals surface area contributed by atoms with E-state index in [4.69, 9.17) is 9.47 Å². The van der Waals surface area contributed by atoms with Crippen LogP contribution in [-0.2, 0) is 6.42 Å². The van der Waals surface area contributed by atoms with Crippen LogP contribution in [0, 0.1) is 0 Å². The first kappa shape index (κ1) is 20.7. The minimum absolute atomic E-state index is 0.165. The molecule has 0 bridgehead atoms. The van der Waals surface area contributed by atoms with Gasteiger partial charge in [0.15, 0.2) is 17.3 Å². The predicted molar refractivity (Wildman–Crippen MR) is 119 cm³/mol. The smallest absolute Gasteiger partial charge is 0.321 e. The minimum Gasteiger partial charge on any atom is -0.493 e. The Hall–Kier alpha value is -3.55. The summed E-state index contributed by atoms with van der Waals surface area (Å²) in [5, 5.41) is 10.2. The van der Waals surface area contributed by atoms with Gasteiger partial charge in [0.1, 0.15) is 5.82 Å². The maximum atomic E-state index is 12.5. The molecule has 1 saturated carbocycles. The average Bonchev–Trinajstić information content (AvgIpc) is 3.54. The van der Waals surface area contributed by atoms with Crippen molar-refractivity contribution < 1.29 is 14.3 Å². The zero-order valence-corrected chi connectivity index (χ0v) is 18.0. The van der Waals surface area contributed by atoms with Crippen molar-refractivity contribution in [1.82, 2.24) is 20.1 Å². The minimum atomic E-state index is -0.165. The Morgan fingerprint density at radius 1 is 1.13 bits per heavy atom. The second kappa shape index (κ2) is 9.07. The fourth-order valence-electron chi connectivity index (χ4n) is 3.30. The van der Waals surface area contributed by atoms with Gasteiger partial charge >= 0.3 is 6.03 Å². The van der Waals surface area contributed by atoms with Gasteiger partial charge in [-0.2, -0.15) is 5.10 Å². The first-order chi connectivity index (χ1) is 15.1. The van der Waals surface area contributed by atoms with E-state index in [1.165, 1.54) is 12.8 Å². The molecule has 1 aliphatic rings. The number of urea groups is 1. The van der Waals surface area contributed by atoms with Crippen molar-refractivity contribution in [3.8, 4) is 22.9 Å². The molecule has 2 amide bonds. The van der Waals surface area contributed by atoms with Gasteiger partial charge in [-0.05, 0) is 61.2 Å². The molecule has 8 heteroatoms. The number of benzene rings is 2. The molecule has 0 spiro atoms. The number of hydrogen-bond acceptors (Lipinski definition) is 5. The van der Waals surface area contributed by atoms with Gasteiger partial charge in [-0.25, -0.2) is 9.78 Å². The number of carbonyl (C=O) groups excluding carboxylic acids is 1. The van der Waals surface area contributed by atoms with Gasteiger partial charge in [0.25, 0.3) is 0 Å².